The maximum absolute atomic E-state index is 5.41. The zero-order valence-corrected chi connectivity index (χ0v) is 5.69. The number of hydrogen-bond acceptors (Lipinski definition) is 1. The molecule has 0 aromatic heterocycles. The lowest BCUT2D eigenvalue weighted by Crippen LogP contribution is -1.76. The summed E-state index contributed by atoms with van der Waals surface area (Å²) in [6.45, 7) is 0. The number of allylic oxidation sites excluding steroid dienone is 1. The van der Waals surface area contributed by atoms with E-state index in [1.807, 2.05) is 6.08 Å². The lowest BCUT2D eigenvalue weighted by atomic mass is 10.7. The van der Waals surface area contributed by atoms with Gasteiger partial charge in [0.05, 0.1) is 0 Å². The van der Waals surface area contributed by atoms with Crippen LogP contribution in [0.25, 0.3) is 0 Å². The molecule has 0 saturated carbocycles. The number of nitrogens with two attached hydrogens (primary N) is 1. The van der Waals surface area contributed by atoms with E-state index in [0.717, 1.165) is 6.04 Å². The summed E-state index contributed by atoms with van der Waals surface area (Å²) >= 11 is 5.41. The van der Waals surface area contributed by atoms with Crippen molar-refractivity contribution in [1.82, 2.24) is 0 Å². The fourth-order valence-electron chi connectivity index (χ4n) is 0.159. The first kappa shape index (κ1) is 6.05. The van der Waals surface area contributed by atoms with Gasteiger partial charge in [-0.15, -0.1) is 0 Å². The Balaban J connectivity index is 2.66. The fourth-order valence-corrected chi connectivity index (χ4v) is 0.856. The molecule has 0 rings (SSSR count). The van der Waals surface area contributed by atoms with Gasteiger partial charge in [-0.05, 0) is 12.2 Å². The first-order valence-corrected chi connectivity index (χ1v) is 4.98. The van der Waals surface area contributed by atoms with Crippen LogP contribution in [0.15, 0.2) is 12.3 Å². The third-order valence-corrected chi connectivity index (χ3v) is 1.62. The van der Waals surface area contributed by atoms with Crippen LogP contribution in [0.1, 0.15) is 0 Å². The van der Waals surface area contributed by atoms with E-state index in [2.05, 4.69) is 0 Å². The molecule has 6 heavy (non-hydrogen) atoms. The average molecular weight is 122 g/mol. The van der Waals surface area contributed by atoms with Gasteiger partial charge in [0.2, 0.25) is 0 Å². The molecule has 1 nitrogen and oxygen atoms in total. The molecule has 0 amide bonds. The molecule has 36 valence electrons. The van der Waals surface area contributed by atoms with Crippen LogP contribution in [-0.4, -0.2) is 8.83 Å². The highest BCUT2D eigenvalue weighted by Crippen LogP contribution is 1.80. The minimum Gasteiger partial charge on any atom is -0.405 e. The molecular formula is C3H8ClNSi. The van der Waals surface area contributed by atoms with Gasteiger partial charge in [-0.1, -0.05) is 6.08 Å². The largest absolute Gasteiger partial charge is 0.405 e. The summed E-state index contributed by atoms with van der Waals surface area (Å²) in [5.74, 6) is 0. The second-order valence-corrected chi connectivity index (χ2v) is 3.00. The van der Waals surface area contributed by atoms with Crippen LogP contribution in [0.2, 0.25) is 6.04 Å². The lowest BCUT2D eigenvalue weighted by Gasteiger charge is -1.73. The van der Waals surface area contributed by atoms with Gasteiger partial charge in [0.1, 0.15) is 8.83 Å². The minimum absolute atomic E-state index is 0.292. The van der Waals surface area contributed by atoms with E-state index >= 15 is 0 Å². The Morgan fingerprint density at radius 3 is 2.67 bits per heavy atom. The fraction of sp³-hybridized carbons (Fsp3) is 0.333. The van der Waals surface area contributed by atoms with Crippen molar-refractivity contribution in [2.75, 3.05) is 0 Å². The summed E-state index contributed by atoms with van der Waals surface area (Å²) in [6, 6.07) is 1.01. The van der Waals surface area contributed by atoms with E-state index in [-0.39, 0.29) is 8.83 Å². The van der Waals surface area contributed by atoms with Crippen LogP contribution in [0.5, 0.6) is 0 Å². The van der Waals surface area contributed by atoms with Crippen molar-refractivity contribution in [3.63, 3.8) is 0 Å². The summed E-state index contributed by atoms with van der Waals surface area (Å²) in [4.78, 5) is 0. The van der Waals surface area contributed by atoms with Crippen molar-refractivity contribution < 1.29 is 0 Å². The van der Waals surface area contributed by atoms with Crippen LogP contribution in [0.3, 0.4) is 0 Å². The summed E-state index contributed by atoms with van der Waals surface area (Å²) in [5.41, 5.74) is 5.00. The Kier molecular flexibility index (Phi) is 5.09. The highest BCUT2D eigenvalue weighted by molar-refractivity contribution is 6.93. The molecule has 2 N–H and O–H groups in total. The molecule has 0 heterocycles. The maximum Gasteiger partial charge on any atom is 0.129 e. The molecule has 0 saturated heterocycles. The van der Waals surface area contributed by atoms with E-state index < -0.39 is 0 Å². The standard InChI is InChI=1S/C3H8ClNSi/c4-6-3-1-2-5/h1-2H,3,5-6H2. The van der Waals surface area contributed by atoms with Crippen molar-refractivity contribution >= 4 is 19.9 Å². The normalized spacial score (nSPS) is 12.2. The molecule has 0 radical (unpaired) electrons. The van der Waals surface area contributed by atoms with Crippen molar-refractivity contribution in [2.24, 2.45) is 5.73 Å². The van der Waals surface area contributed by atoms with Gasteiger partial charge >= 0.3 is 0 Å². The van der Waals surface area contributed by atoms with Gasteiger partial charge in [-0.2, -0.15) is 11.1 Å². The summed E-state index contributed by atoms with van der Waals surface area (Å²) in [6.07, 6.45) is 3.43. The second-order valence-electron chi connectivity index (χ2n) is 0.906. The average Bonchev–Trinajstić information content (AvgIpc) is 1.61. The molecule has 0 aromatic rings. The van der Waals surface area contributed by atoms with E-state index in [1.54, 1.807) is 0 Å². The van der Waals surface area contributed by atoms with Crippen LogP contribution >= 0.6 is 11.1 Å². The Bertz CT molecular complexity index is 46.1. The quantitative estimate of drug-likeness (QED) is 0.410. The first-order valence-electron chi connectivity index (χ1n) is 1.84. The van der Waals surface area contributed by atoms with E-state index in [1.165, 1.54) is 6.20 Å². The topological polar surface area (TPSA) is 26.0 Å². The smallest absolute Gasteiger partial charge is 0.129 e. The Morgan fingerprint density at radius 1 is 1.83 bits per heavy atom. The van der Waals surface area contributed by atoms with Crippen molar-refractivity contribution in [3.05, 3.63) is 12.3 Å². The van der Waals surface area contributed by atoms with Gasteiger partial charge in [0, 0.05) is 0 Å². The van der Waals surface area contributed by atoms with Crippen LogP contribution in [0, 0.1) is 0 Å². The lowest BCUT2D eigenvalue weighted by molar-refractivity contribution is 1.54. The summed E-state index contributed by atoms with van der Waals surface area (Å²) < 4.78 is 0. The molecule has 0 atom stereocenters. The molecule has 0 fully saturated rings. The minimum atomic E-state index is -0.292. The molecule has 0 unspecified atom stereocenters. The van der Waals surface area contributed by atoms with Gasteiger partial charge in [-0.3, -0.25) is 0 Å². The molecule has 0 aliphatic rings. The molecule has 0 aromatic carbocycles. The first-order chi connectivity index (χ1) is 2.91. The van der Waals surface area contributed by atoms with Crippen molar-refractivity contribution in [1.29, 1.82) is 0 Å². The van der Waals surface area contributed by atoms with E-state index in [0.29, 0.717) is 0 Å². The molecule has 0 bridgehead atoms. The SMILES string of the molecule is NC=CC[SiH2]Cl. The van der Waals surface area contributed by atoms with E-state index in [9.17, 15) is 0 Å². The summed E-state index contributed by atoms with van der Waals surface area (Å²) in [5, 5.41) is 0. The molecule has 3 heteroatoms. The monoisotopic (exact) mass is 121 g/mol. The van der Waals surface area contributed by atoms with E-state index in [4.69, 9.17) is 16.8 Å². The number of hydrogen-bond donors (Lipinski definition) is 1. The third-order valence-electron chi connectivity index (χ3n) is 0.412. The van der Waals surface area contributed by atoms with Gasteiger partial charge in [-0.25, -0.2) is 0 Å². The molecule has 0 aliphatic heterocycles. The molecular weight excluding hydrogens is 114 g/mol. The molecule has 0 aliphatic carbocycles. The predicted octanol–water partition coefficient (Wildman–Crippen LogP) is 0.200. The maximum atomic E-state index is 5.41. The second kappa shape index (κ2) is 5.05. The predicted molar refractivity (Wildman–Crippen MR) is 32.5 cm³/mol. The third kappa shape index (κ3) is 4.05. The highest BCUT2D eigenvalue weighted by Gasteiger charge is 1.69. The summed E-state index contributed by atoms with van der Waals surface area (Å²) in [7, 11) is -0.292. The van der Waals surface area contributed by atoms with Gasteiger partial charge < -0.3 is 5.73 Å². The van der Waals surface area contributed by atoms with Crippen molar-refractivity contribution in [2.45, 2.75) is 6.04 Å². The van der Waals surface area contributed by atoms with Gasteiger partial charge in [0.15, 0.2) is 0 Å². The number of halogens is 1. The van der Waals surface area contributed by atoms with Crippen LogP contribution in [0.4, 0.5) is 0 Å². The highest BCUT2D eigenvalue weighted by atomic mass is 35.6. The number of rotatable bonds is 2. The van der Waals surface area contributed by atoms with Gasteiger partial charge in [0.25, 0.3) is 0 Å². The van der Waals surface area contributed by atoms with Crippen molar-refractivity contribution in [3.8, 4) is 0 Å². The Morgan fingerprint density at radius 2 is 2.50 bits per heavy atom. The zero-order valence-electron chi connectivity index (χ0n) is 3.52. The van der Waals surface area contributed by atoms with Crippen LogP contribution in [-0.2, 0) is 0 Å². The Hall–Kier alpha value is 0.0469. The zero-order chi connectivity index (χ0) is 4.83. The van der Waals surface area contributed by atoms with Crippen LogP contribution < -0.4 is 5.73 Å². The molecule has 0 spiro atoms. The Labute approximate surface area is 44.7 Å².